The van der Waals surface area contributed by atoms with E-state index in [-0.39, 0.29) is 9.90 Å². The van der Waals surface area contributed by atoms with Gasteiger partial charge in [-0.1, -0.05) is 30.3 Å². The van der Waals surface area contributed by atoms with E-state index < -0.39 is 14.8 Å². The zero-order chi connectivity index (χ0) is 14.8. The fourth-order valence-corrected chi connectivity index (χ4v) is 3.78. The Hall–Kier alpha value is -1.93. The van der Waals surface area contributed by atoms with E-state index in [1.54, 1.807) is 0 Å². The number of sulfone groups is 1. The first-order chi connectivity index (χ1) is 9.38. The number of thiophene rings is 1. The standard InChI is InChI=1S/C12H12N2O4S2/c1-20(17,18)10-7-11(14(15)16)19-12(10)13-8-9-5-3-2-4-6-9/h2-7,13H,8H2,1H3. The third-order valence-electron chi connectivity index (χ3n) is 2.56. The van der Waals surface area contributed by atoms with Crippen LogP contribution in [0.2, 0.25) is 0 Å². The van der Waals surface area contributed by atoms with Crippen LogP contribution >= 0.6 is 11.3 Å². The van der Waals surface area contributed by atoms with E-state index >= 15 is 0 Å². The van der Waals surface area contributed by atoms with Crippen LogP contribution in [-0.2, 0) is 16.4 Å². The van der Waals surface area contributed by atoms with Crippen LogP contribution in [-0.4, -0.2) is 19.6 Å². The summed E-state index contributed by atoms with van der Waals surface area (Å²) in [6.07, 6.45) is 1.03. The predicted octanol–water partition coefficient (Wildman–Crippen LogP) is 2.67. The summed E-state index contributed by atoms with van der Waals surface area (Å²) >= 11 is 0.824. The minimum Gasteiger partial charge on any atom is -0.372 e. The van der Waals surface area contributed by atoms with Crippen molar-refractivity contribution >= 4 is 31.2 Å². The summed E-state index contributed by atoms with van der Waals surface area (Å²) in [5.74, 6) is 0. The normalized spacial score (nSPS) is 11.2. The Bertz CT molecular complexity index is 723. The van der Waals surface area contributed by atoms with Crippen molar-refractivity contribution in [2.75, 3.05) is 11.6 Å². The minimum atomic E-state index is -3.51. The second-order valence-electron chi connectivity index (χ2n) is 4.15. The lowest BCUT2D eigenvalue weighted by Crippen LogP contribution is -2.03. The first-order valence-corrected chi connectivity index (χ1v) is 8.35. The van der Waals surface area contributed by atoms with Gasteiger partial charge in [-0.2, -0.15) is 0 Å². The number of hydrogen-bond acceptors (Lipinski definition) is 6. The molecular weight excluding hydrogens is 300 g/mol. The molecule has 106 valence electrons. The molecule has 0 spiro atoms. The first kappa shape index (κ1) is 14.5. The highest BCUT2D eigenvalue weighted by molar-refractivity contribution is 7.91. The molecule has 6 nitrogen and oxygen atoms in total. The van der Waals surface area contributed by atoms with Gasteiger partial charge in [0.1, 0.15) is 9.90 Å². The number of nitrogens with one attached hydrogen (secondary N) is 1. The van der Waals surface area contributed by atoms with E-state index in [1.165, 1.54) is 0 Å². The fraction of sp³-hybridized carbons (Fsp3) is 0.167. The van der Waals surface area contributed by atoms with Crippen molar-refractivity contribution in [3.8, 4) is 0 Å². The quantitative estimate of drug-likeness (QED) is 0.677. The lowest BCUT2D eigenvalue weighted by atomic mass is 10.2. The third kappa shape index (κ3) is 3.34. The zero-order valence-corrected chi connectivity index (χ0v) is 12.2. The van der Waals surface area contributed by atoms with Gasteiger partial charge in [0.05, 0.1) is 4.92 Å². The highest BCUT2D eigenvalue weighted by Crippen LogP contribution is 2.36. The smallest absolute Gasteiger partial charge is 0.327 e. The van der Waals surface area contributed by atoms with Gasteiger partial charge in [0.15, 0.2) is 9.84 Å². The van der Waals surface area contributed by atoms with Crippen molar-refractivity contribution in [2.45, 2.75) is 11.4 Å². The number of anilines is 1. The van der Waals surface area contributed by atoms with Gasteiger partial charge in [-0.25, -0.2) is 8.42 Å². The monoisotopic (exact) mass is 312 g/mol. The van der Waals surface area contributed by atoms with Crippen molar-refractivity contribution in [3.05, 3.63) is 52.1 Å². The Balaban J connectivity index is 2.29. The van der Waals surface area contributed by atoms with Crippen LogP contribution in [0.15, 0.2) is 41.3 Å². The molecule has 0 aliphatic rings. The Morgan fingerprint density at radius 1 is 1.30 bits per heavy atom. The molecule has 0 saturated heterocycles. The third-order valence-corrected chi connectivity index (χ3v) is 4.85. The van der Waals surface area contributed by atoms with Gasteiger partial charge in [0.25, 0.3) is 0 Å². The minimum absolute atomic E-state index is 0.0369. The molecule has 0 saturated carbocycles. The molecule has 20 heavy (non-hydrogen) atoms. The molecule has 0 unspecified atom stereocenters. The average molecular weight is 312 g/mol. The van der Waals surface area contributed by atoms with Crippen LogP contribution in [0.3, 0.4) is 0 Å². The average Bonchev–Trinajstić information content (AvgIpc) is 2.82. The molecule has 2 rings (SSSR count). The van der Waals surface area contributed by atoms with Crippen LogP contribution in [0.25, 0.3) is 0 Å². The fourth-order valence-electron chi connectivity index (χ4n) is 1.63. The maximum absolute atomic E-state index is 11.6. The van der Waals surface area contributed by atoms with Gasteiger partial charge in [0, 0.05) is 18.9 Å². The summed E-state index contributed by atoms with van der Waals surface area (Å²) in [4.78, 5) is 10.1. The number of benzene rings is 1. The second kappa shape index (κ2) is 5.59. The van der Waals surface area contributed by atoms with Gasteiger partial charge >= 0.3 is 5.00 Å². The van der Waals surface area contributed by atoms with E-state index in [4.69, 9.17) is 0 Å². The van der Waals surface area contributed by atoms with Gasteiger partial charge in [-0.05, 0) is 16.9 Å². The van der Waals surface area contributed by atoms with Crippen molar-refractivity contribution < 1.29 is 13.3 Å². The number of rotatable bonds is 5. The zero-order valence-electron chi connectivity index (χ0n) is 10.6. The van der Waals surface area contributed by atoms with Gasteiger partial charge in [-0.3, -0.25) is 10.1 Å². The molecule has 0 fully saturated rings. The van der Waals surface area contributed by atoms with Gasteiger partial charge < -0.3 is 5.32 Å². The molecule has 0 aliphatic heterocycles. The van der Waals surface area contributed by atoms with E-state index in [0.29, 0.717) is 11.5 Å². The second-order valence-corrected chi connectivity index (χ2v) is 7.16. The van der Waals surface area contributed by atoms with Gasteiger partial charge in [0.2, 0.25) is 0 Å². The molecule has 0 aliphatic carbocycles. The van der Waals surface area contributed by atoms with E-state index in [2.05, 4.69) is 5.32 Å². The summed E-state index contributed by atoms with van der Waals surface area (Å²) in [7, 11) is -3.51. The molecule has 0 atom stereocenters. The molecule has 1 heterocycles. The van der Waals surface area contributed by atoms with E-state index in [1.807, 2.05) is 30.3 Å². The molecule has 0 amide bonds. The largest absolute Gasteiger partial charge is 0.372 e. The highest BCUT2D eigenvalue weighted by atomic mass is 32.2. The maximum Gasteiger partial charge on any atom is 0.327 e. The Morgan fingerprint density at radius 2 is 1.95 bits per heavy atom. The Morgan fingerprint density at radius 3 is 2.50 bits per heavy atom. The molecule has 0 bridgehead atoms. The summed E-state index contributed by atoms with van der Waals surface area (Å²) in [5.41, 5.74) is 0.961. The molecular formula is C12H12N2O4S2. The number of hydrogen-bond donors (Lipinski definition) is 1. The number of nitrogens with zero attached hydrogens (tertiary/aromatic N) is 1. The molecule has 8 heteroatoms. The molecule has 1 aromatic heterocycles. The number of nitro groups is 1. The molecule has 1 N–H and O–H groups in total. The summed E-state index contributed by atoms with van der Waals surface area (Å²) in [6, 6.07) is 10.5. The van der Waals surface area contributed by atoms with E-state index in [9.17, 15) is 18.5 Å². The van der Waals surface area contributed by atoms with Crippen molar-refractivity contribution in [1.82, 2.24) is 0 Å². The molecule has 0 radical (unpaired) electrons. The van der Waals surface area contributed by atoms with Crippen LogP contribution < -0.4 is 5.32 Å². The maximum atomic E-state index is 11.6. The SMILES string of the molecule is CS(=O)(=O)c1cc([N+](=O)[O-])sc1NCc1ccccc1. The van der Waals surface area contributed by atoms with Crippen molar-refractivity contribution in [2.24, 2.45) is 0 Å². The Kier molecular flexibility index (Phi) is 4.05. The summed E-state index contributed by atoms with van der Waals surface area (Å²) in [5, 5.41) is 13.8. The van der Waals surface area contributed by atoms with E-state index in [0.717, 1.165) is 29.2 Å². The molecule has 1 aromatic carbocycles. The Labute approximate surface area is 120 Å². The highest BCUT2D eigenvalue weighted by Gasteiger charge is 2.23. The van der Waals surface area contributed by atoms with Crippen LogP contribution in [0, 0.1) is 10.1 Å². The van der Waals surface area contributed by atoms with Crippen LogP contribution in [0.5, 0.6) is 0 Å². The summed E-state index contributed by atoms with van der Waals surface area (Å²) in [6.45, 7) is 0.404. The van der Waals surface area contributed by atoms with Gasteiger partial charge in [-0.15, -0.1) is 0 Å². The molecule has 2 aromatic rings. The van der Waals surface area contributed by atoms with Crippen molar-refractivity contribution in [3.63, 3.8) is 0 Å². The van der Waals surface area contributed by atoms with Crippen molar-refractivity contribution in [1.29, 1.82) is 0 Å². The lowest BCUT2D eigenvalue weighted by molar-refractivity contribution is -0.380. The lowest BCUT2D eigenvalue weighted by Gasteiger charge is -2.05. The summed E-state index contributed by atoms with van der Waals surface area (Å²) < 4.78 is 23.3. The van der Waals surface area contributed by atoms with Crippen LogP contribution in [0.4, 0.5) is 10.0 Å². The first-order valence-electron chi connectivity index (χ1n) is 5.64. The van der Waals surface area contributed by atoms with Crippen LogP contribution in [0.1, 0.15) is 5.56 Å². The predicted molar refractivity (Wildman–Crippen MR) is 77.9 cm³/mol. The topological polar surface area (TPSA) is 89.3 Å².